The Kier molecular flexibility index (Phi) is 4.80. The number of amides is 1. The van der Waals surface area contributed by atoms with E-state index in [9.17, 15) is 13.6 Å². The second kappa shape index (κ2) is 7.36. The molecule has 1 aromatic heterocycles. The summed E-state index contributed by atoms with van der Waals surface area (Å²) in [6, 6.07) is 11.9. The number of carbonyl (C=O) groups excluding carboxylic acids is 1. The van der Waals surface area contributed by atoms with Crippen LogP contribution in [0.25, 0.3) is 0 Å². The van der Waals surface area contributed by atoms with Crippen molar-refractivity contribution in [2.24, 2.45) is 0 Å². The molecule has 26 heavy (non-hydrogen) atoms. The van der Waals surface area contributed by atoms with E-state index >= 15 is 0 Å². The maximum atomic E-state index is 13.2. The number of nitrogens with one attached hydrogen (secondary N) is 2. The van der Waals surface area contributed by atoms with Gasteiger partial charge in [0.1, 0.15) is 17.6 Å². The zero-order valence-electron chi connectivity index (χ0n) is 13.2. The molecule has 8 heteroatoms. The Morgan fingerprint density at radius 3 is 2.54 bits per heavy atom. The van der Waals surface area contributed by atoms with Gasteiger partial charge in [-0.15, -0.1) is 0 Å². The highest BCUT2D eigenvalue weighted by molar-refractivity contribution is 6.02. The number of hydrogen-bond acceptors (Lipinski definition) is 5. The van der Waals surface area contributed by atoms with Gasteiger partial charge in [-0.1, -0.05) is 12.1 Å². The van der Waals surface area contributed by atoms with Crippen molar-refractivity contribution in [1.82, 2.24) is 9.97 Å². The molecule has 0 atom stereocenters. The van der Waals surface area contributed by atoms with Crippen LogP contribution in [0, 0.1) is 23.0 Å². The van der Waals surface area contributed by atoms with E-state index in [0.717, 1.165) is 12.1 Å². The van der Waals surface area contributed by atoms with E-state index in [1.54, 1.807) is 24.3 Å². The minimum Gasteiger partial charge on any atom is -0.338 e. The van der Waals surface area contributed by atoms with Crippen LogP contribution < -0.4 is 10.6 Å². The van der Waals surface area contributed by atoms with E-state index in [2.05, 4.69) is 20.6 Å². The minimum atomic E-state index is -1.07. The summed E-state index contributed by atoms with van der Waals surface area (Å²) in [4.78, 5) is 20.1. The third-order valence-electron chi connectivity index (χ3n) is 3.37. The Morgan fingerprint density at radius 1 is 1.04 bits per heavy atom. The van der Waals surface area contributed by atoms with Gasteiger partial charge in [0, 0.05) is 11.8 Å². The highest BCUT2D eigenvalue weighted by atomic mass is 19.2. The molecule has 0 saturated heterocycles. The molecule has 0 radical (unpaired) electrons. The van der Waals surface area contributed by atoms with Crippen molar-refractivity contribution >= 4 is 23.1 Å². The van der Waals surface area contributed by atoms with Crippen LogP contribution in [0.2, 0.25) is 0 Å². The molecule has 128 valence electrons. The molecule has 2 aromatic carbocycles. The number of halogens is 2. The Labute approximate surface area is 147 Å². The lowest BCUT2D eigenvalue weighted by molar-refractivity contribution is 0.102. The summed E-state index contributed by atoms with van der Waals surface area (Å²) in [6.07, 6.45) is 2.56. The van der Waals surface area contributed by atoms with E-state index in [-0.39, 0.29) is 11.4 Å². The molecule has 0 bridgehead atoms. The van der Waals surface area contributed by atoms with Crippen molar-refractivity contribution < 1.29 is 13.6 Å². The third kappa shape index (κ3) is 3.79. The van der Waals surface area contributed by atoms with Gasteiger partial charge < -0.3 is 10.6 Å². The van der Waals surface area contributed by atoms with E-state index in [1.807, 2.05) is 6.07 Å². The first-order chi connectivity index (χ1) is 12.6. The second-order valence-corrected chi connectivity index (χ2v) is 5.15. The van der Waals surface area contributed by atoms with Crippen LogP contribution >= 0.6 is 0 Å². The van der Waals surface area contributed by atoms with Gasteiger partial charge in [0.2, 0.25) is 0 Å². The summed E-state index contributed by atoms with van der Waals surface area (Å²) < 4.78 is 26.1. The van der Waals surface area contributed by atoms with E-state index < -0.39 is 17.5 Å². The molecule has 0 unspecified atom stereocenters. The number of hydrogen-bond donors (Lipinski definition) is 2. The summed E-state index contributed by atoms with van der Waals surface area (Å²) in [7, 11) is 0. The fourth-order valence-corrected chi connectivity index (χ4v) is 2.11. The molecule has 0 aliphatic heterocycles. The third-order valence-corrected chi connectivity index (χ3v) is 3.37. The molecular formula is C18H11F2N5O. The fraction of sp³-hybridized carbons (Fsp3) is 0. The first-order valence-electron chi connectivity index (χ1n) is 7.41. The van der Waals surface area contributed by atoms with Crippen LogP contribution in [0.15, 0.2) is 54.9 Å². The number of aromatic nitrogens is 2. The van der Waals surface area contributed by atoms with Gasteiger partial charge >= 0.3 is 0 Å². The summed E-state index contributed by atoms with van der Waals surface area (Å²) in [5.74, 6) is -2.34. The molecule has 3 rings (SSSR count). The molecule has 2 N–H and O–H groups in total. The molecule has 0 aliphatic carbocycles. The topological polar surface area (TPSA) is 90.7 Å². The maximum absolute atomic E-state index is 13.2. The normalized spacial score (nSPS) is 10.0. The van der Waals surface area contributed by atoms with Gasteiger partial charge in [0.15, 0.2) is 11.6 Å². The van der Waals surface area contributed by atoms with E-state index in [1.165, 1.54) is 18.5 Å². The average molecular weight is 351 g/mol. The number of anilines is 3. The number of rotatable bonds is 4. The molecular weight excluding hydrogens is 340 g/mol. The maximum Gasteiger partial charge on any atom is 0.275 e. The first-order valence-corrected chi connectivity index (χ1v) is 7.41. The SMILES string of the molecule is N#Cc1ccccc1Nc1cnc(C(=O)Nc2ccc(F)c(F)c2)cn1. The van der Waals surface area contributed by atoms with Crippen molar-refractivity contribution in [3.05, 3.63) is 77.8 Å². The van der Waals surface area contributed by atoms with Crippen LogP contribution in [0.3, 0.4) is 0 Å². The van der Waals surface area contributed by atoms with Crippen LogP contribution in [-0.4, -0.2) is 15.9 Å². The smallest absolute Gasteiger partial charge is 0.275 e. The Morgan fingerprint density at radius 2 is 1.85 bits per heavy atom. The monoisotopic (exact) mass is 351 g/mol. The summed E-state index contributed by atoms with van der Waals surface area (Å²) >= 11 is 0. The van der Waals surface area contributed by atoms with Crippen molar-refractivity contribution in [3.63, 3.8) is 0 Å². The summed E-state index contributed by atoms with van der Waals surface area (Å²) in [6.45, 7) is 0. The van der Waals surface area contributed by atoms with Gasteiger partial charge in [-0.3, -0.25) is 4.79 Å². The number of nitriles is 1. The Hall–Kier alpha value is -3.86. The predicted octanol–water partition coefficient (Wildman–Crippen LogP) is 3.62. The first kappa shape index (κ1) is 17.0. The van der Waals surface area contributed by atoms with Crippen LogP contribution in [0.5, 0.6) is 0 Å². The van der Waals surface area contributed by atoms with Gasteiger partial charge in [-0.2, -0.15) is 5.26 Å². The molecule has 0 saturated carbocycles. The standard InChI is InChI=1S/C18H11F2N5O/c19-13-6-5-12(7-14(13)20)24-18(26)16-9-23-17(10-22-16)25-15-4-2-1-3-11(15)8-21/h1-7,9-10H,(H,23,25)(H,24,26). The average Bonchev–Trinajstić information content (AvgIpc) is 2.66. The molecule has 3 aromatic rings. The molecule has 1 amide bonds. The number of benzene rings is 2. The zero-order valence-corrected chi connectivity index (χ0v) is 13.2. The van der Waals surface area contributed by atoms with Crippen molar-refractivity contribution in [2.45, 2.75) is 0 Å². The molecule has 0 spiro atoms. The minimum absolute atomic E-state index is 0.00569. The fourth-order valence-electron chi connectivity index (χ4n) is 2.11. The lowest BCUT2D eigenvalue weighted by Crippen LogP contribution is -2.14. The zero-order chi connectivity index (χ0) is 18.5. The second-order valence-electron chi connectivity index (χ2n) is 5.15. The Bertz CT molecular complexity index is 999. The summed E-state index contributed by atoms with van der Waals surface area (Å²) in [5.41, 5.74) is 1.09. The Balaban J connectivity index is 1.71. The lowest BCUT2D eigenvalue weighted by atomic mass is 10.2. The molecule has 0 aliphatic rings. The van der Waals surface area contributed by atoms with E-state index in [4.69, 9.17) is 5.26 Å². The molecule has 1 heterocycles. The van der Waals surface area contributed by atoms with Crippen molar-refractivity contribution in [1.29, 1.82) is 5.26 Å². The summed E-state index contributed by atoms with van der Waals surface area (Å²) in [5, 5.41) is 14.4. The van der Waals surface area contributed by atoms with Crippen molar-refractivity contribution in [3.8, 4) is 6.07 Å². The number of nitrogens with zero attached hydrogens (tertiary/aromatic N) is 3. The van der Waals surface area contributed by atoms with Gasteiger partial charge in [0.25, 0.3) is 5.91 Å². The molecule has 6 nitrogen and oxygen atoms in total. The number of carbonyl (C=O) groups is 1. The van der Waals surface area contributed by atoms with Crippen molar-refractivity contribution in [2.75, 3.05) is 10.6 Å². The van der Waals surface area contributed by atoms with Crippen LogP contribution in [-0.2, 0) is 0 Å². The number of para-hydroxylation sites is 1. The predicted molar refractivity (Wildman–Crippen MR) is 90.8 cm³/mol. The highest BCUT2D eigenvalue weighted by Gasteiger charge is 2.11. The van der Waals surface area contributed by atoms with Gasteiger partial charge in [-0.25, -0.2) is 18.7 Å². The quantitative estimate of drug-likeness (QED) is 0.749. The lowest BCUT2D eigenvalue weighted by Gasteiger charge is -2.08. The highest BCUT2D eigenvalue weighted by Crippen LogP contribution is 2.18. The van der Waals surface area contributed by atoms with Gasteiger partial charge in [0.05, 0.1) is 23.6 Å². The molecule has 0 fully saturated rings. The van der Waals surface area contributed by atoms with Gasteiger partial charge in [-0.05, 0) is 24.3 Å². The van der Waals surface area contributed by atoms with E-state index in [0.29, 0.717) is 17.1 Å². The largest absolute Gasteiger partial charge is 0.338 e. The van der Waals surface area contributed by atoms with Crippen LogP contribution in [0.4, 0.5) is 26.0 Å². The van der Waals surface area contributed by atoms with Crippen LogP contribution in [0.1, 0.15) is 16.1 Å².